The molecule has 19 heavy (non-hydrogen) atoms. The highest BCUT2D eigenvalue weighted by Crippen LogP contribution is 2.43. The summed E-state index contributed by atoms with van der Waals surface area (Å²) in [5, 5.41) is 11.3. The van der Waals surface area contributed by atoms with Crippen molar-refractivity contribution in [2.24, 2.45) is 0 Å². The van der Waals surface area contributed by atoms with Crippen LogP contribution in [0.2, 0.25) is 0 Å². The minimum atomic E-state index is -0.638. The highest BCUT2D eigenvalue weighted by molar-refractivity contribution is 6.32. The molecule has 0 aromatic heterocycles. The molecule has 0 radical (unpaired) electrons. The molecule has 1 atom stereocenters. The van der Waals surface area contributed by atoms with Crippen LogP contribution >= 0.6 is 0 Å². The number of carbonyl (C=O) groups excluding carboxylic acids is 1. The Kier molecular flexibility index (Phi) is 2.98. The summed E-state index contributed by atoms with van der Waals surface area (Å²) in [5.74, 6) is -0.274. The number of rotatable bonds is 0. The molecule has 4 heteroatoms. The second-order valence-electron chi connectivity index (χ2n) is 5.59. The molecule has 98 valence electrons. The van der Waals surface area contributed by atoms with Gasteiger partial charge < -0.3 is 0 Å². The SMILES string of the molecule is Bc1ccc2c(c1)C(=O)N(O)C21/C=C\CCCCC1. The van der Waals surface area contributed by atoms with Crippen LogP contribution < -0.4 is 5.46 Å². The van der Waals surface area contributed by atoms with Crippen LogP contribution in [0.15, 0.2) is 30.4 Å². The van der Waals surface area contributed by atoms with E-state index in [9.17, 15) is 10.0 Å². The Morgan fingerprint density at radius 3 is 2.95 bits per heavy atom. The summed E-state index contributed by atoms with van der Waals surface area (Å²) >= 11 is 0. The van der Waals surface area contributed by atoms with E-state index in [0.29, 0.717) is 5.56 Å². The lowest BCUT2D eigenvalue weighted by atomic mass is 9.81. The van der Waals surface area contributed by atoms with Crippen LogP contribution in [-0.2, 0) is 5.54 Å². The third kappa shape index (κ3) is 1.82. The number of carbonyl (C=O) groups is 1. The largest absolute Gasteiger partial charge is 0.284 e. The first-order valence-corrected chi connectivity index (χ1v) is 6.97. The second-order valence-corrected chi connectivity index (χ2v) is 5.59. The average molecular weight is 255 g/mol. The number of allylic oxidation sites excluding steroid dienone is 1. The first-order valence-electron chi connectivity index (χ1n) is 6.97. The third-order valence-electron chi connectivity index (χ3n) is 4.26. The molecule has 1 aromatic carbocycles. The fourth-order valence-electron chi connectivity index (χ4n) is 3.22. The summed E-state index contributed by atoms with van der Waals surface area (Å²) in [6, 6.07) is 5.88. The topological polar surface area (TPSA) is 40.5 Å². The first kappa shape index (κ1) is 12.5. The number of hydrogen-bond donors (Lipinski definition) is 1. The molecule has 1 N–H and O–H groups in total. The molecule has 1 aliphatic carbocycles. The molecule has 0 saturated carbocycles. The first-order chi connectivity index (χ1) is 9.15. The molecule has 1 spiro atoms. The van der Waals surface area contributed by atoms with Gasteiger partial charge in [0.15, 0.2) is 0 Å². The van der Waals surface area contributed by atoms with Crippen molar-refractivity contribution < 1.29 is 10.0 Å². The lowest BCUT2D eigenvalue weighted by molar-refractivity contribution is -0.114. The van der Waals surface area contributed by atoms with Crippen LogP contribution in [0.1, 0.15) is 48.0 Å². The summed E-state index contributed by atoms with van der Waals surface area (Å²) in [4.78, 5) is 12.3. The molecule has 0 fully saturated rings. The predicted molar refractivity (Wildman–Crippen MR) is 76.5 cm³/mol. The maximum Gasteiger partial charge on any atom is 0.278 e. The van der Waals surface area contributed by atoms with Crippen molar-refractivity contribution in [3.8, 4) is 0 Å². The van der Waals surface area contributed by atoms with Crippen molar-refractivity contribution in [2.75, 3.05) is 0 Å². The summed E-state index contributed by atoms with van der Waals surface area (Å²) in [6.45, 7) is 0. The number of amides is 1. The molecule has 1 amide bonds. The molecule has 2 aliphatic rings. The fourth-order valence-corrected chi connectivity index (χ4v) is 3.22. The molecule has 0 bridgehead atoms. The van der Waals surface area contributed by atoms with Crippen molar-refractivity contribution >= 4 is 19.2 Å². The van der Waals surface area contributed by atoms with Crippen LogP contribution in [0.4, 0.5) is 0 Å². The normalized spacial score (nSPS) is 28.1. The fraction of sp³-hybridized carbons (Fsp3) is 0.400. The minimum Gasteiger partial charge on any atom is -0.284 e. The van der Waals surface area contributed by atoms with Crippen LogP contribution in [0, 0.1) is 0 Å². The van der Waals surface area contributed by atoms with E-state index in [-0.39, 0.29) is 5.91 Å². The Balaban J connectivity index is 2.16. The monoisotopic (exact) mass is 255 g/mol. The third-order valence-corrected chi connectivity index (χ3v) is 4.26. The van der Waals surface area contributed by atoms with E-state index in [1.54, 1.807) is 0 Å². The number of hydroxylamine groups is 2. The van der Waals surface area contributed by atoms with Gasteiger partial charge in [-0.2, -0.15) is 0 Å². The zero-order chi connectivity index (χ0) is 13.5. The number of hydrogen-bond acceptors (Lipinski definition) is 2. The summed E-state index contributed by atoms with van der Waals surface area (Å²) in [7, 11) is 1.97. The van der Waals surface area contributed by atoms with Gasteiger partial charge in [0.05, 0.1) is 0 Å². The lowest BCUT2D eigenvalue weighted by Gasteiger charge is -2.33. The van der Waals surface area contributed by atoms with Crippen molar-refractivity contribution in [3.05, 3.63) is 41.5 Å². The van der Waals surface area contributed by atoms with Crippen LogP contribution in [0.3, 0.4) is 0 Å². The molecule has 1 aliphatic heterocycles. The average Bonchev–Trinajstić information content (AvgIpc) is 2.56. The van der Waals surface area contributed by atoms with E-state index in [0.717, 1.165) is 41.8 Å². The number of fused-ring (bicyclic) bond motifs is 2. The van der Waals surface area contributed by atoms with Crippen LogP contribution in [0.5, 0.6) is 0 Å². The number of benzene rings is 1. The molecule has 3 rings (SSSR count). The Labute approximate surface area is 114 Å². The highest BCUT2D eigenvalue weighted by Gasteiger charge is 2.47. The number of nitrogens with zero attached hydrogens (tertiary/aromatic N) is 1. The van der Waals surface area contributed by atoms with Crippen LogP contribution in [0.25, 0.3) is 0 Å². The zero-order valence-corrected chi connectivity index (χ0v) is 11.2. The summed E-state index contributed by atoms with van der Waals surface area (Å²) in [5.41, 5.74) is 2.00. The molecule has 0 saturated heterocycles. The van der Waals surface area contributed by atoms with Gasteiger partial charge in [0.1, 0.15) is 13.4 Å². The predicted octanol–water partition coefficient (Wildman–Crippen LogP) is 1.51. The van der Waals surface area contributed by atoms with Crippen molar-refractivity contribution in [1.82, 2.24) is 5.06 Å². The maximum atomic E-state index is 12.3. The van der Waals surface area contributed by atoms with Gasteiger partial charge in [-0.15, -0.1) is 0 Å². The van der Waals surface area contributed by atoms with Crippen molar-refractivity contribution in [1.29, 1.82) is 0 Å². The van der Waals surface area contributed by atoms with Gasteiger partial charge in [-0.3, -0.25) is 10.0 Å². The van der Waals surface area contributed by atoms with Gasteiger partial charge in [-0.05, 0) is 24.8 Å². The zero-order valence-electron chi connectivity index (χ0n) is 11.2. The molecule has 1 heterocycles. The molecular weight excluding hydrogens is 237 g/mol. The lowest BCUT2D eigenvalue weighted by Crippen LogP contribution is -2.40. The van der Waals surface area contributed by atoms with E-state index in [1.165, 1.54) is 6.42 Å². The van der Waals surface area contributed by atoms with Gasteiger partial charge in [0.25, 0.3) is 5.91 Å². The molecular formula is C15H18BNO2. The highest BCUT2D eigenvalue weighted by atomic mass is 16.5. The Bertz CT molecular complexity index is 555. The van der Waals surface area contributed by atoms with Gasteiger partial charge in [0, 0.05) is 5.56 Å². The Morgan fingerprint density at radius 1 is 1.26 bits per heavy atom. The van der Waals surface area contributed by atoms with Gasteiger partial charge in [-0.1, -0.05) is 48.7 Å². The van der Waals surface area contributed by atoms with Crippen LogP contribution in [-0.4, -0.2) is 24.0 Å². The minimum absolute atomic E-state index is 0.274. The molecule has 1 aromatic rings. The Hall–Kier alpha value is -1.55. The standard InChI is InChI=1S/C15H18BNO2/c16-11-6-7-13-12(10-11)14(18)17(19)15(13)8-4-2-1-3-5-9-15/h4,6-8,10,19H,1-3,5,9,16H2/b8-4-. The van der Waals surface area contributed by atoms with E-state index < -0.39 is 5.54 Å². The summed E-state index contributed by atoms with van der Waals surface area (Å²) < 4.78 is 0. The van der Waals surface area contributed by atoms with E-state index >= 15 is 0 Å². The van der Waals surface area contributed by atoms with Gasteiger partial charge in [0.2, 0.25) is 0 Å². The van der Waals surface area contributed by atoms with E-state index in [4.69, 9.17) is 0 Å². The van der Waals surface area contributed by atoms with Gasteiger partial charge in [-0.25, -0.2) is 5.06 Å². The smallest absolute Gasteiger partial charge is 0.278 e. The summed E-state index contributed by atoms with van der Waals surface area (Å²) in [6.07, 6.45) is 9.30. The van der Waals surface area contributed by atoms with E-state index in [1.807, 2.05) is 32.1 Å². The molecule has 3 nitrogen and oxygen atoms in total. The quantitative estimate of drug-likeness (QED) is 0.433. The van der Waals surface area contributed by atoms with Crippen molar-refractivity contribution in [3.63, 3.8) is 0 Å². The van der Waals surface area contributed by atoms with Crippen molar-refractivity contribution in [2.45, 2.75) is 37.6 Å². The Morgan fingerprint density at radius 2 is 2.11 bits per heavy atom. The molecule has 1 unspecified atom stereocenters. The second kappa shape index (κ2) is 4.53. The van der Waals surface area contributed by atoms with Gasteiger partial charge >= 0.3 is 0 Å². The maximum absolute atomic E-state index is 12.3. The van der Waals surface area contributed by atoms with E-state index in [2.05, 4.69) is 6.08 Å².